The minimum atomic E-state index is -1.08. The van der Waals surface area contributed by atoms with Crippen LogP contribution in [0.4, 0.5) is 10.2 Å². The van der Waals surface area contributed by atoms with Crippen LogP contribution in [0.2, 0.25) is 0 Å². The van der Waals surface area contributed by atoms with Gasteiger partial charge in [0.25, 0.3) is 0 Å². The molecule has 0 radical (unpaired) electrons. The van der Waals surface area contributed by atoms with E-state index in [-0.39, 0.29) is 11.5 Å². The van der Waals surface area contributed by atoms with E-state index in [4.69, 9.17) is 0 Å². The quantitative estimate of drug-likeness (QED) is 0.727. The number of halogens is 1. The average Bonchev–Trinajstić information content (AvgIpc) is 2.62. The third kappa shape index (κ3) is 5.83. The normalized spacial score (nSPS) is 10.2. The lowest BCUT2D eigenvalue weighted by molar-refractivity contribution is -0.116. The molecule has 0 fully saturated rings. The molecule has 0 saturated carbocycles. The van der Waals surface area contributed by atoms with Crippen LogP contribution in [-0.4, -0.2) is 11.9 Å². The second-order valence-corrected chi connectivity index (χ2v) is 5.54. The lowest BCUT2D eigenvalue weighted by Gasteiger charge is -2.06. The molecule has 0 aliphatic rings. The number of benzene rings is 2. The maximum Gasteiger partial charge on any atom is 0.379 e. The number of rotatable bonds is 8. The van der Waals surface area contributed by atoms with Gasteiger partial charge in [0.15, 0.2) is 0 Å². The molecule has 0 saturated heterocycles. The Bertz CT molecular complexity index is 673. The highest BCUT2D eigenvalue weighted by molar-refractivity contribution is 5.94. The van der Waals surface area contributed by atoms with E-state index in [1.165, 1.54) is 17.7 Å². The van der Waals surface area contributed by atoms with Gasteiger partial charge < -0.3 is 5.32 Å². The maximum atomic E-state index is 11.9. The highest BCUT2D eigenvalue weighted by atomic mass is 19.3. The van der Waals surface area contributed by atoms with Gasteiger partial charge in [-0.05, 0) is 43.0 Å². The van der Waals surface area contributed by atoms with Crippen LogP contribution in [0, 0.1) is 0 Å². The van der Waals surface area contributed by atoms with E-state index >= 15 is 0 Å². The molecule has 0 unspecified atom stereocenters. The van der Waals surface area contributed by atoms with Crippen molar-refractivity contribution >= 4 is 17.6 Å². The molecule has 0 aliphatic carbocycles. The van der Waals surface area contributed by atoms with Crippen LogP contribution in [-0.2, 0) is 16.2 Å². The van der Waals surface area contributed by atoms with Gasteiger partial charge in [0.2, 0.25) is 5.91 Å². The lowest BCUT2D eigenvalue weighted by atomic mass is 10.1. The zero-order valence-electron chi connectivity index (χ0n) is 13.3. The van der Waals surface area contributed by atoms with Gasteiger partial charge in [-0.2, -0.15) is 0 Å². The van der Waals surface area contributed by atoms with Crippen LogP contribution in [0.25, 0.3) is 0 Å². The van der Waals surface area contributed by atoms with Crippen LogP contribution in [0.3, 0.4) is 0 Å². The zero-order valence-corrected chi connectivity index (χ0v) is 13.3. The van der Waals surface area contributed by atoms with Crippen molar-refractivity contribution in [1.82, 2.24) is 0 Å². The first-order valence-electron chi connectivity index (χ1n) is 7.96. The summed E-state index contributed by atoms with van der Waals surface area (Å²) in [5.74, 6) is -1.20. The number of carbonyl (C=O) groups is 2. The SMILES string of the molecule is O=C(CCCCCc1ccccc1)Nc1cccc(C(=O)OF)c1. The van der Waals surface area contributed by atoms with Gasteiger partial charge in [-0.3, -0.25) is 4.79 Å². The summed E-state index contributed by atoms with van der Waals surface area (Å²) in [6.45, 7) is 0. The molecule has 2 aromatic rings. The number of hydrogen-bond donors (Lipinski definition) is 1. The van der Waals surface area contributed by atoms with Crippen LogP contribution in [0.1, 0.15) is 41.6 Å². The summed E-state index contributed by atoms with van der Waals surface area (Å²) in [7, 11) is 0. The molecule has 0 spiro atoms. The van der Waals surface area contributed by atoms with Crippen molar-refractivity contribution in [2.75, 3.05) is 5.32 Å². The van der Waals surface area contributed by atoms with Gasteiger partial charge >= 0.3 is 5.97 Å². The van der Waals surface area contributed by atoms with Crippen molar-refractivity contribution in [2.45, 2.75) is 32.1 Å². The van der Waals surface area contributed by atoms with E-state index in [0.29, 0.717) is 12.1 Å². The Labute approximate surface area is 140 Å². The number of carbonyl (C=O) groups excluding carboxylic acids is 2. The smallest absolute Gasteiger partial charge is 0.326 e. The van der Waals surface area contributed by atoms with Gasteiger partial charge in [-0.25, -0.2) is 9.74 Å². The van der Waals surface area contributed by atoms with Crippen molar-refractivity contribution in [3.63, 3.8) is 0 Å². The molecule has 24 heavy (non-hydrogen) atoms. The molecule has 0 heterocycles. The molecule has 0 atom stereocenters. The van der Waals surface area contributed by atoms with Gasteiger partial charge in [-0.1, -0.05) is 42.8 Å². The molecule has 0 bridgehead atoms. The molecule has 1 amide bonds. The number of aryl methyl sites for hydroxylation is 1. The molecule has 0 aliphatic heterocycles. The van der Waals surface area contributed by atoms with E-state index in [2.05, 4.69) is 22.4 Å². The minimum Gasteiger partial charge on any atom is -0.326 e. The van der Waals surface area contributed by atoms with Crippen LogP contribution < -0.4 is 5.32 Å². The zero-order chi connectivity index (χ0) is 17.2. The summed E-state index contributed by atoms with van der Waals surface area (Å²) < 4.78 is 11.9. The summed E-state index contributed by atoms with van der Waals surface area (Å²) in [4.78, 5) is 26.2. The Balaban J connectivity index is 1.69. The summed E-state index contributed by atoms with van der Waals surface area (Å²) in [5, 5.41) is 2.70. The van der Waals surface area contributed by atoms with Gasteiger partial charge in [0, 0.05) is 16.6 Å². The third-order valence-electron chi connectivity index (χ3n) is 3.66. The van der Waals surface area contributed by atoms with E-state index in [9.17, 15) is 14.1 Å². The van der Waals surface area contributed by atoms with Crippen LogP contribution in [0.5, 0.6) is 0 Å². The Kier molecular flexibility index (Phi) is 6.95. The molecule has 4 nitrogen and oxygen atoms in total. The number of unbranched alkanes of at least 4 members (excludes halogenated alkanes) is 2. The fourth-order valence-corrected chi connectivity index (χ4v) is 2.43. The molecule has 1 N–H and O–H groups in total. The number of nitrogens with one attached hydrogen (secondary N) is 1. The van der Waals surface area contributed by atoms with Crippen molar-refractivity contribution in [1.29, 1.82) is 0 Å². The first-order chi connectivity index (χ1) is 11.7. The van der Waals surface area contributed by atoms with Crippen molar-refractivity contribution < 1.29 is 19.1 Å². The number of anilines is 1. The third-order valence-corrected chi connectivity index (χ3v) is 3.66. The molecular weight excluding hydrogens is 309 g/mol. The fraction of sp³-hybridized carbons (Fsp3) is 0.263. The van der Waals surface area contributed by atoms with Crippen LogP contribution >= 0.6 is 0 Å². The van der Waals surface area contributed by atoms with Gasteiger partial charge in [-0.15, -0.1) is 0 Å². The summed E-state index contributed by atoms with van der Waals surface area (Å²) >= 11 is 0. The Morgan fingerprint density at radius 3 is 2.50 bits per heavy atom. The predicted octanol–water partition coefficient (Wildman–Crippen LogP) is 4.47. The van der Waals surface area contributed by atoms with E-state index < -0.39 is 5.97 Å². The Hall–Kier alpha value is -2.69. The number of amides is 1. The highest BCUT2D eigenvalue weighted by Crippen LogP contribution is 2.13. The van der Waals surface area contributed by atoms with E-state index in [0.717, 1.165) is 25.7 Å². The molecule has 0 aromatic heterocycles. The monoisotopic (exact) mass is 329 g/mol. The topological polar surface area (TPSA) is 55.4 Å². The Morgan fingerprint density at radius 2 is 1.75 bits per heavy atom. The van der Waals surface area contributed by atoms with Gasteiger partial charge in [0.05, 0.1) is 5.56 Å². The molecule has 2 aromatic carbocycles. The standard InChI is InChI=1S/C19H20FNO3/c20-24-19(23)16-11-7-12-17(14-16)21-18(22)13-6-2-5-10-15-8-3-1-4-9-15/h1,3-4,7-9,11-12,14H,2,5-6,10,13H2,(H,21,22). The van der Waals surface area contributed by atoms with Crippen molar-refractivity contribution in [3.05, 3.63) is 65.7 Å². The summed E-state index contributed by atoms with van der Waals surface area (Å²) in [6.07, 6.45) is 4.22. The highest BCUT2D eigenvalue weighted by Gasteiger charge is 2.09. The largest absolute Gasteiger partial charge is 0.379 e. The summed E-state index contributed by atoms with van der Waals surface area (Å²) in [5.41, 5.74) is 1.81. The maximum absolute atomic E-state index is 11.9. The van der Waals surface area contributed by atoms with Crippen molar-refractivity contribution in [3.8, 4) is 0 Å². The van der Waals surface area contributed by atoms with Crippen molar-refractivity contribution in [2.24, 2.45) is 0 Å². The lowest BCUT2D eigenvalue weighted by Crippen LogP contribution is -2.11. The van der Waals surface area contributed by atoms with E-state index in [1.54, 1.807) is 12.1 Å². The predicted molar refractivity (Wildman–Crippen MR) is 90.2 cm³/mol. The molecule has 2 rings (SSSR count). The first kappa shape index (κ1) is 17.7. The first-order valence-corrected chi connectivity index (χ1v) is 7.96. The number of hydrogen-bond acceptors (Lipinski definition) is 3. The Morgan fingerprint density at radius 1 is 0.958 bits per heavy atom. The van der Waals surface area contributed by atoms with E-state index in [1.807, 2.05) is 18.2 Å². The second-order valence-electron chi connectivity index (χ2n) is 5.54. The minimum absolute atomic E-state index is 0.0539. The molecule has 5 heteroatoms. The molecule has 126 valence electrons. The van der Waals surface area contributed by atoms with Gasteiger partial charge in [0.1, 0.15) is 0 Å². The fourth-order valence-electron chi connectivity index (χ4n) is 2.43. The molecular formula is C19H20FNO3. The second kappa shape index (κ2) is 9.45. The average molecular weight is 329 g/mol. The van der Waals surface area contributed by atoms with Crippen LogP contribution in [0.15, 0.2) is 54.6 Å². The summed E-state index contributed by atoms with van der Waals surface area (Å²) in [6, 6.07) is 16.2.